The summed E-state index contributed by atoms with van der Waals surface area (Å²) in [7, 11) is 0. The third-order valence-electron chi connectivity index (χ3n) is 4.42. The molecule has 0 unspecified atom stereocenters. The summed E-state index contributed by atoms with van der Waals surface area (Å²) in [6.45, 7) is 3.79. The topological polar surface area (TPSA) is 74.2 Å². The Hall–Kier alpha value is -3.02. The first-order valence-corrected chi connectivity index (χ1v) is 8.38. The summed E-state index contributed by atoms with van der Waals surface area (Å²) < 4.78 is 0. The number of amides is 1. The highest BCUT2D eigenvalue weighted by molar-refractivity contribution is 6.02. The van der Waals surface area contributed by atoms with Crippen LogP contribution >= 0.6 is 0 Å². The molecule has 1 aromatic carbocycles. The number of carbonyl (C=O) groups excluding carboxylic acids is 1. The molecule has 0 aliphatic carbocycles. The van der Waals surface area contributed by atoms with Crippen LogP contribution < -0.4 is 0 Å². The van der Waals surface area contributed by atoms with E-state index in [2.05, 4.69) is 20.1 Å². The normalized spacial score (nSPS) is 17.3. The number of H-pyrrole nitrogens is 1. The lowest BCUT2D eigenvalue weighted by molar-refractivity contribution is -0.136. The maximum absolute atomic E-state index is 12.7. The zero-order valence-electron chi connectivity index (χ0n) is 14.2. The van der Waals surface area contributed by atoms with Gasteiger partial charge in [0, 0.05) is 30.9 Å². The number of rotatable bonds is 3. The minimum Gasteiger partial charge on any atom is -0.360 e. The third kappa shape index (κ3) is 2.80. The molecule has 0 saturated heterocycles. The van der Waals surface area contributed by atoms with Crippen LogP contribution in [0.2, 0.25) is 0 Å². The van der Waals surface area contributed by atoms with Crippen molar-refractivity contribution < 1.29 is 4.79 Å². The molecule has 1 aliphatic rings. The van der Waals surface area contributed by atoms with Crippen molar-refractivity contribution in [3.63, 3.8) is 0 Å². The lowest BCUT2D eigenvalue weighted by atomic mass is 9.99. The first-order chi connectivity index (χ1) is 12.1. The lowest BCUT2D eigenvalue weighted by Crippen LogP contribution is -2.30. The molecule has 6 heteroatoms. The molecule has 3 heterocycles. The average Bonchev–Trinajstić information content (AvgIpc) is 3.30. The average molecular weight is 333 g/mol. The van der Waals surface area contributed by atoms with Gasteiger partial charge in [-0.1, -0.05) is 19.9 Å². The standard InChI is InChI=1S/C19H19N5O/c1-12(2)19(25)24-18(11-17(23-24)14-4-3-7-20-14)13-5-6-15-16(10-13)22-9-8-21-15/h3-10,12,18,20H,11H2,1-2H3/t18-/m0/s1. The van der Waals surface area contributed by atoms with E-state index in [0.717, 1.165) is 28.0 Å². The third-order valence-corrected chi connectivity index (χ3v) is 4.42. The Labute approximate surface area is 145 Å². The second kappa shape index (κ2) is 6.12. The first-order valence-electron chi connectivity index (χ1n) is 8.38. The minimum absolute atomic E-state index is 0.0193. The van der Waals surface area contributed by atoms with Crippen molar-refractivity contribution in [1.29, 1.82) is 0 Å². The van der Waals surface area contributed by atoms with E-state index in [1.165, 1.54) is 0 Å². The molecule has 1 N–H and O–H groups in total. The summed E-state index contributed by atoms with van der Waals surface area (Å²) in [5.74, 6) is -0.0970. The summed E-state index contributed by atoms with van der Waals surface area (Å²) in [4.78, 5) is 24.6. The second-order valence-electron chi connectivity index (χ2n) is 6.49. The Morgan fingerprint density at radius 2 is 2.00 bits per heavy atom. The number of aromatic amines is 1. The van der Waals surface area contributed by atoms with Crippen LogP contribution in [0.1, 0.15) is 37.6 Å². The van der Waals surface area contributed by atoms with Crippen LogP contribution in [0.25, 0.3) is 11.0 Å². The molecule has 3 aromatic rings. The molecule has 1 atom stereocenters. The maximum Gasteiger partial charge on any atom is 0.245 e. The van der Waals surface area contributed by atoms with Crippen LogP contribution in [0, 0.1) is 5.92 Å². The monoisotopic (exact) mass is 333 g/mol. The highest BCUT2D eigenvalue weighted by Gasteiger charge is 2.34. The van der Waals surface area contributed by atoms with Crippen LogP contribution in [-0.4, -0.2) is 31.6 Å². The van der Waals surface area contributed by atoms with Gasteiger partial charge in [-0.2, -0.15) is 5.10 Å². The van der Waals surface area contributed by atoms with Gasteiger partial charge in [-0.05, 0) is 29.8 Å². The van der Waals surface area contributed by atoms with E-state index < -0.39 is 0 Å². The predicted octanol–water partition coefficient (Wildman–Crippen LogP) is 3.29. The number of aromatic nitrogens is 3. The van der Waals surface area contributed by atoms with E-state index in [0.29, 0.717) is 6.42 Å². The van der Waals surface area contributed by atoms with Crippen LogP contribution in [0.15, 0.2) is 54.0 Å². The Kier molecular flexibility index (Phi) is 3.80. The molecule has 4 rings (SSSR count). The van der Waals surface area contributed by atoms with E-state index in [4.69, 9.17) is 0 Å². The van der Waals surface area contributed by atoms with Gasteiger partial charge >= 0.3 is 0 Å². The van der Waals surface area contributed by atoms with E-state index in [9.17, 15) is 4.79 Å². The number of hydrazone groups is 1. The molecule has 0 bridgehead atoms. The molecule has 2 aromatic heterocycles. The zero-order chi connectivity index (χ0) is 17.4. The number of nitrogens with one attached hydrogen (secondary N) is 1. The predicted molar refractivity (Wildman–Crippen MR) is 95.9 cm³/mol. The highest BCUT2D eigenvalue weighted by Crippen LogP contribution is 2.34. The van der Waals surface area contributed by atoms with Crippen LogP contribution in [0.3, 0.4) is 0 Å². The number of hydrogen-bond acceptors (Lipinski definition) is 4. The molecular formula is C19H19N5O. The summed E-state index contributed by atoms with van der Waals surface area (Å²) in [5, 5.41) is 6.25. The van der Waals surface area contributed by atoms with E-state index in [-0.39, 0.29) is 17.9 Å². The van der Waals surface area contributed by atoms with E-state index in [1.54, 1.807) is 17.4 Å². The van der Waals surface area contributed by atoms with Gasteiger partial charge in [-0.3, -0.25) is 14.8 Å². The zero-order valence-corrected chi connectivity index (χ0v) is 14.2. The van der Waals surface area contributed by atoms with Gasteiger partial charge < -0.3 is 4.98 Å². The summed E-state index contributed by atoms with van der Waals surface area (Å²) in [6, 6.07) is 9.74. The molecule has 126 valence electrons. The summed E-state index contributed by atoms with van der Waals surface area (Å²) in [5.41, 5.74) is 4.53. The Balaban J connectivity index is 1.74. The largest absolute Gasteiger partial charge is 0.360 e. The molecule has 1 amide bonds. The van der Waals surface area contributed by atoms with Crippen molar-refractivity contribution in [3.8, 4) is 0 Å². The smallest absolute Gasteiger partial charge is 0.245 e. The van der Waals surface area contributed by atoms with Gasteiger partial charge in [0.1, 0.15) is 0 Å². The number of carbonyl (C=O) groups is 1. The molecule has 0 fully saturated rings. The number of nitrogens with zero attached hydrogens (tertiary/aromatic N) is 4. The minimum atomic E-state index is -0.125. The van der Waals surface area contributed by atoms with Gasteiger partial charge in [0.05, 0.1) is 28.5 Å². The number of hydrogen-bond donors (Lipinski definition) is 1. The van der Waals surface area contributed by atoms with Gasteiger partial charge in [-0.25, -0.2) is 5.01 Å². The maximum atomic E-state index is 12.7. The summed E-state index contributed by atoms with van der Waals surface area (Å²) in [6.07, 6.45) is 5.90. The Morgan fingerprint density at radius 3 is 2.72 bits per heavy atom. The molecule has 6 nitrogen and oxygen atoms in total. The molecular weight excluding hydrogens is 314 g/mol. The van der Waals surface area contributed by atoms with Crippen molar-refractivity contribution in [3.05, 3.63) is 60.2 Å². The highest BCUT2D eigenvalue weighted by atomic mass is 16.2. The van der Waals surface area contributed by atoms with E-state index >= 15 is 0 Å². The van der Waals surface area contributed by atoms with Gasteiger partial charge in [0.25, 0.3) is 0 Å². The number of benzene rings is 1. The van der Waals surface area contributed by atoms with Crippen LogP contribution in [-0.2, 0) is 4.79 Å². The molecule has 0 radical (unpaired) electrons. The van der Waals surface area contributed by atoms with Gasteiger partial charge in [0.15, 0.2) is 0 Å². The van der Waals surface area contributed by atoms with Crippen molar-refractivity contribution >= 4 is 22.7 Å². The van der Waals surface area contributed by atoms with E-state index in [1.807, 2.05) is 50.4 Å². The van der Waals surface area contributed by atoms with Gasteiger partial charge in [0.2, 0.25) is 5.91 Å². The Morgan fingerprint density at radius 1 is 1.20 bits per heavy atom. The molecule has 0 spiro atoms. The fourth-order valence-electron chi connectivity index (χ4n) is 3.10. The first kappa shape index (κ1) is 15.5. The SMILES string of the molecule is CC(C)C(=O)N1N=C(c2ccc[nH]2)C[C@H]1c1ccc2nccnc2c1. The number of fused-ring (bicyclic) bond motifs is 1. The van der Waals surface area contributed by atoms with Crippen molar-refractivity contribution in [1.82, 2.24) is 20.0 Å². The van der Waals surface area contributed by atoms with Crippen molar-refractivity contribution in [2.75, 3.05) is 0 Å². The summed E-state index contributed by atoms with van der Waals surface area (Å²) >= 11 is 0. The molecule has 1 aliphatic heterocycles. The molecule has 0 saturated carbocycles. The lowest BCUT2D eigenvalue weighted by Gasteiger charge is -2.23. The fourth-order valence-corrected chi connectivity index (χ4v) is 3.10. The van der Waals surface area contributed by atoms with Crippen LogP contribution in [0.5, 0.6) is 0 Å². The van der Waals surface area contributed by atoms with Crippen molar-refractivity contribution in [2.24, 2.45) is 11.0 Å². The van der Waals surface area contributed by atoms with Crippen molar-refractivity contribution in [2.45, 2.75) is 26.3 Å². The Bertz CT molecular complexity index is 945. The van der Waals surface area contributed by atoms with Gasteiger partial charge in [-0.15, -0.1) is 0 Å². The second-order valence-corrected chi connectivity index (χ2v) is 6.49. The van der Waals surface area contributed by atoms with Crippen LogP contribution in [0.4, 0.5) is 0 Å². The molecule has 25 heavy (non-hydrogen) atoms. The fraction of sp³-hybridized carbons (Fsp3) is 0.263. The quantitative estimate of drug-likeness (QED) is 0.799.